The molecule has 0 aliphatic carbocycles. The molecule has 1 amide bonds. The molecule has 2 rings (SSSR count). The Bertz CT molecular complexity index is 791. The van der Waals surface area contributed by atoms with Crippen molar-refractivity contribution in [3.8, 4) is 5.75 Å². The molecule has 2 aromatic carbocycles. The van der Waals surface area contributed by atoms with Crippen molar-refractivity contribution in [2.24, 2.45) is 0 Å². The highest BCUT2D eigenvalue weighted by atomic mass is 19.1. The van der Waals surface area contributed by atoms with Crippen molar-refractivity contribution >= 4 is 23.3 Å². The van der Waals surface area contributed by atoms with Crippen LogP contribution in [0.5, 0.6) is 5.75 Å². The van der Waals surface area contributed by atoms with Gasteiger partial charge < -0.3 is 10.1 Å². The first-order valence-corrected chi connectivity index (χ1v) is 6.41. The molecule has 0 aliphatic heterocycles. The van der Waals surface area contributed by atoms with Crippen molar-refractivity contribution in [2.75, 3.05) is 5.32 Å². The van der Waals surface area contributed by atoms with Crippen LogP contribution in [0.15, 0.2) is 42.5 Å². The number of rotatable bonds is 4. The molecule has 8 heteroatoms. The summed E-state index contributed by atoms with van der Waals surface area (Å²) in [6.45, 7) is 1.19. The number of benzene rings is 2. The number of hydrogen-bond acceptors (Lipinski definition) is 5. The number of nitro groups is 1. The highest BCUT2D eigenvalue weighted by Crippen LogP contribution is 2.24. The van der Waals surface area contributed by atoms with Crippen LogP contribution in [0.2, 0.25) is 0 Å². The van der Waals surface area contributed by atoms with Gasteiger partial charge in [-0.2, -0.15) is 4.39 Å². The number of nitrogens with one attached hydrogen (secondary N) is 1. The first-order chi connectivity index (χ1) is 10.9. The molecule has 0 saturated carbocycles. The summed E-state index contributed by atoms with van der Waals surface area (Å²) in [7, 11) is 0. The number of amides is 1. The van der Waals surface area contributed by atoms with Crippen LogP contribution in [0.4, 0.5) is 15.8 Å². The van der Waals surface area contributed by atoms with E-state index >= 15 is 0 Å². The van der Waals surface area contributed by atoms with E-state index in [0.717, 1.165) is 12.1 Å². The molecular formula is C15H11FN2O5. The molecule has 0 saturated heterocycles. The van der Waals surface area contributed by atoms with Crippen molar-refractivity contribution in [3.63, 3.8) is 0 Å². The molecule has 0 aromatic heterocycles. The zero-order chi connectivity index (χ0) is 17.0. The summed E-state index contributed by atoms with van der Waals surface area (Å²) in [5.74, 6) is -2.20. The van der Waals surface area contributed by atoms with Crippen LogP contribution < -0.4 is 10.1 Å². The quantitative estimate of drug-likeness (QED) is 0.404. The van der Waals surface area contributed by atoms with Crippen LogP contribution in [0, 0.1) is 15.9 Å². The number of carbonyl (C=O) groups is 2. The average molecular weight is 318 g/mol. The van der Waals surface area contributed by atoms with E-state index in [1.54, 1.807) is 12.1 Å². The second-order valence-electron chi connectivity index (χ2n) is 4.47. The summed E-state index contributed by atoms with van der Waals surface area (Å²) >= 11 is 0. The Morgan fingerprint density at radius 3 is 2.57 bits per heavy atom. The number of hydrogen-bond donors (Lipinski definition) is 1. The smallest absolute Gasteiger partial charge is 0.308 e. The molecule has 0 bridgehead atoms. The van der Waals surface area contributed by atoms with E-state index in [-0.39, 0.29) is 17.0 Å². The lowest BCUT2D eigenvalue weighted by molar-refractivity contribution is -0.387. The van der Waals surface area contributed by atoms with Crippen LogP contribution >= 0.6 is 0 Å². The third-order valence-electron chi connectivity index (χ3n) is 2.79. The van der Waals surface area contributed by atoms with Crippen molar-refractivity contribution < 1.29 is 23.6 Å². The van der Waals surface area contributed by atoms with Crippen molar-refractivity contribution in [3.05, 3.63) is 64.0 Å². The molecule has 0 fully saturated rings. The third-order valence-corrected chi connectivity index (χ3v) is 2.79. The Hall–Kier alpha value is -3.29. The second kappa shape index (κ2) is 6.65. The maximum absolute atomic E-state index is 13.3. The predicted octanol–water partition coefficient (Wildman–Crippen LogP) is 2.91. The zero-order valence-electron chi connectivity index (χ0n) is 11.9. The van der Waals surface area contributed by atoms with E-state index in [9.17, 15) is 24.1 Å². The van der Waals surface area contributed by atoms with Gasteiger partial charge in [0.15, 0.2) is 0 Å². The minimum Gasteiger partial charge on any atom is -0.426 e. The fourth-order valence-corrected chi connectivity index (χ4v) is 1.83. The van der Waals surface area contributed by atoms with Gasteiger partial charge in [0.25, 0.3) is 5.91 Å². The van der Waals surface area contributed by atoms with E-state index in [4.69, 9.17) is 4.74 Å². The largest absolute Gasteiger partial charge is 0.426 e. The van der Waals surface area contributed by atoms with Gasteiger partial charge in [0, 0.05) is 18.7 Å². The molecule has 118 valence electrons. The lowest BCUT2D eigenvalue weighted by atomic mass is 10.1. The topological polar surface area (TPSA) is 98.5 Å². The number of nitro benzene ring substituents is 1. The summed E-state index contributed by atoms with van der Waals surface area (Å²) < 4.78 is 18.2. The van der Waals surface area contributed by atoms with E-state index in [1.165, 1.54) is 25.1 Å². The molecule has 0 spiro atoms. The van der Waals surface area contributed by atoms with Gasteiger partial charge in [-0.05, 0) is 24.3 Å². The maximum Gasteiger partial charge on any atom is 0.308 e. The Morgan fingerprint density at radius 2 is 1.91 bits per heavy atom. The van der Waals surface area contributed by atoms with Crippen LogP contribution in [0.3, 0.4) is 0 Å². The van der Waals surface area contributed by atoms with Gasteiger partial charge in [0.2, 0.25) is 5.82 Å². The van der Waals surface area contributed by atoms with Gasteiger partial charge in [-0.3, -0.25) is 19.7 Å². The summed E-state index contributed by atoms with van der Waals surface area (Å²) in [5, 5.41) is 13.1. The Kier molecular flexibility index (Phi) is 4.65. The average Bonchev–Trinajstić information content (AvgIpc) is 2.48. The first-order valence-electron chi connectivity index (χ1n) is 6.41. The van der Waals surface area contributed by atoms with E-state index in [0.29, 0.717) is 0 Å². The minimum absolute atomic E-state index is 0.0423. The Labute approximate surface area is 129 Å². The fraction of sp³-hybridized carbons (Fsp3) is 0.0667. The second-order valence-corrected chi connectivity index (χ2v) is 4.47. The number of para-hydroxylation sites is 1. The first kappa shape index (κ1) is 16.1. The van der Waals surface area contributed by atoms with Gasteiger partial charge in [-0.15, -0.1) is 0 Å². The molecule has 2 aromatic rings. The van der Waals surface area contributed by atoms with E-state index in [1.807, 2.05) is 0 Å². The Balaban J connectivity index is 2.28. The molecule has 7 nitrogen and oxygen atoms in total. The van der Waals surface area contributed by atoms with Gasteiger partial charge in [0.1, 0.15) is 5.75 Å². The number of nitrogens with zero attached hydrogens (tertiary/aromatic N) is 1. The lowest BCUT2D eigenvalue weighted by Crippen LogP contribution is -2.15. The predicted molar refractivity (Wildman–Crippen MR) is 78.8 cm³/mol. The van der Waals surface area contributed by atoms with E-state index < -0.39 is 28.3 Å². The lowest BCUT2D eigenvalue weighted by Gasteiger charge is -2.09. The molecule has 0 unspecified atom stereocenters. The van der Waals surface area contributed by atoms with E-state index in [2.05, 4.69) is 5.32 Å². The highest BCUT2D eigenvalue weighted by Gasteiger charge is 2.17. The number of esters is 1. The van der Waals surface area contributed by atoms with Crippen LogP contribution in [-0.2, 0) is 4.79 Å². The van der Waals surface area contributed by atoms with Gasteiger partial charge in [-0.25, -0.2) is 0 Å². The molecule has 1 N–H and O–H groups in total. The SMILES string of the molecule is CC(=O)Oc1ccccc1C(=O)Nc1ccc(F)c([N+](=O)[O-])c1. The van der Waals surface area contributed by atoms with Crippen LogP contribution in [0.1, 0.15) is 17.3 Å². The molecular weight excluding hydrogens is 307 g/mol. The summed E-state index contributed by atoms with van der Waals surface area (Å²) in [4.78, 5) is 33.1. The summed E-state index contributed by atoms with van der Waals surface area (Å²) in [6, 6.07) is 8.98. The summed E-state index contributed by atoms with van der Waals surface area (Å²) in [5.41, 5.74) is -0.647. The number of halogens is 1. The van der Waals surface area contributed by atoms with Gasteiger partial charge >= 0.3 is 11.7 Å². The Morgan fingerprint density at radius 1 is 1.22 bits per heavy atom. The summed E-state index contributed by atoms with van der Waals surface area (Å²) in [6.07, 6.45) is 0. The normalized spacial score (nSPS) is 10.0. The monoisotopic (exact) mass is 318 g/mol. The minimum atomic E-state index is -1.01. The van der Waals surface area contributed by atoms with Crippen LogP contribution in [-0.4, -0.2) is 16.8 Å². The van der Waals surface area contributed by atoms with Crippen molar-refractivity contribution in [1.29, 1.82) is 0 Å². The van der Waals surface area contributed by atoms with Crippen molar-refractivity contribution in [1.82, 2.24) is 0 Å². The van der Waals surface area contributed by atoms with Crippen LogP contribution in [0.25, 0.3) is 0 Å². The molecule has 0 heterocycles. The van der Waals surface area contributed by atoms with Gasteiger partial charge in [-0.1, -0.05) is 12.1 Å². The highest BCUT2D eigenvalue weighted by molar-refractivity contribution is 6.06. The molecule has 0 radical (unpaired) electrons. The van der Waals surface area contributed by atoms with Crippen molar-refractivity contribution in [2.45, 2.75) is 6.92 Å². The fourth-order valence-electron chi connectivity index (χ4n) is 1.83. The molecule has 0 atom stereocenters. The maximum atomic E-state index is 13.3. The molecule has 23 heavy (non-hydrogen) atoms. The zero-order valence-corrected chi connectivity index (χ0v) is 11.9. The third kappa shape index (κ3) is 3.88. The molecule has 0 aliphatic rings. The standard InChI is InChI=1S/C15H11FN2O5/c1-9(19)23-14-5-3-2-4-11(14)15(20)17-10-6-7-12(16)13(8-10)18(21)22/h2-8H,1H3,(H,17,20). The van der Waals surface area contributed by atoms with Gasteiger partial charge in [0.05, 0.1) is 10.5 Å². The number of anilines is 1. The number of ether oxygens (including phenoxy) is 1. The number of carbonyl (C=O) groups excluding carboxylic acids is 2.